The van der Waals surface area contributed by atoms with Crippen LogP contribution in [0.3, 0.4) is 0 Å². The lowest BCUT2D eigenvalue weighted by Gasteiger charge is -2.08. The van der Waals surface area contributed by atoms with Crippen LogP contribution < -0.4 is 11.1 Å². The maximum absolute atomic E-state index is 12.4. The van der Waals surface area contributed by atoms with E-state index in [1.165, 1.54) is 11.3 Å². The first kappa shape index (κ1) is 14.4. The van der Waals surface area contributed by atoms with Crippen molar-refractivity contribution in [2.45, 2.75) is 0 Å². The number of nitrogens with one attached hydrogen (secondary N) is 1. The van der Waals surface area contributed by atoms with Crippen molar-refractivity contribution < 1.29 is 4.79 Å². The maximum atomic E-state index is 12.4. The first-order valence-corrected chi connectivity index (χ1v) is 8.23. The molecule has 3 N–H and O–H groups in total. The molecule has 3 rings (SSSR count). The van der Waals surface area contributed by atoms with E-state index in [0.717, 1.165) is 14.3 Å². The first-order valence-electron chi connectivity index (χ1n) is 5.83. The van der Waals surface area contributed by atoms with Crippen molar-refractivity contribution in [3.8, 4) is 0 Å². The second-order valence-electron chi connectivity index (χ2n) is 4.15. The lowest BCUT2D eigenvalue weighted by atomic mass is 10.2. The number of amides is 1. The van der Waals surface area contributed by atoms with Crippen LogP contribution in [0.25, 0.3) is 10.2 Å². The third-order valence-electron chi connectivity index (χ3n) is 2.83. The van der Waals surface area contributed by atoms with E-state index >= 15 is 0 Å². The van der Waals surface area contributed by atoms with Gasteiger partial charge in [-0.2, -0.15) is 5.10 Å². The number of nitrogens with two attached hydrogens (primary N) is 1. The van der Waals surface area contributed by atoms with Gasteiger partial charge < -0.3 is 11.1 Å². The van der Waals surface area contributed by atoms with Crippen LogP contribution in [0.5, 0.6) is 0 Å². The molecular formula is C13H8Br2N4OS. The van der Waals surface area contributed by atoms with Crippen LogP contribution in [-0.4, -0.2) is 16.1 Å². The Hall–Kier alpha value is -1.51. The predicted molar refractivity (Wildman–Crippen MR) is 91.6 cm³/mol. The number of carbonyl (C=O) groups excluding carboxylic acids is 1. The van der Waals surface area contributed by atoms with Crippen LogP contribution in [0.1, 0.15) is 9.67 Å². The Bertz CT molecular complexity index is 829. The highest BCUT2D eigenvalue weighted by atomic mass is 79.9. The minimum absolute atomic E-state index is 0.275. The summed E-state index contributed by atoms with van der Waals surface area (Å²) in [6.07, 6.45) is 1.55. The molecular weight excluding hydrogens is 420 g/mol. The molecule has 0 spiro atoms. The zero-order valence-corrected chi connectivity index (χ0v) is 14.4. The summed E-state index contributed by atoms with van der Waals surface area (Å²) in [4.78, 5) is 13.5. The van der Waals surface area contributed by atoms with Gasteiger partial charge in [0.1, 0.15) is 9.71 Å². The first-order chi connectivity index (χ1) is 10.1. The molecule has 21 heavy (non-hydrogen) atoms. The van der Waals surface area contributed by atoms with Crippen LogP contribution >= 0.6 is 43.2 Å². The van der Waals surface area contributed by atoms with Crippen LogP contribution in [0.15, 0.2) is 39.4 Å². The number of halogens is 2. The van der Waals surface area contributed by atoms with Crippen molar-refractivity contribution in [3.63, 3.8) is 0 Å². The molecule has 0 atom stereocenters. The third kappa shape index (κ3) is 2.66. The average molecular weight is 428 g/mol. The summed E-state index contributed by atoms with van der Waals surface area (Å²) in [5, 5.41) is 11.4. The normalized spacial score (nSPS) is 10.8. The fourth-order valence-electron chi connectivity index (χ4n) is 1.83. The van der Waals surface area contributed by atoms with Crippen molar-refractivity contribution in [1.29, 1.82) is 0 Å². The number of fused-ring (bicyclic) bond motifs is 1. The third-order valence-corrected chi connectivity index (χ3v) is 5.25. The number of carbonyl (C=O) groups is 1. The van der Waals surface area contributed by atoms with E-state index in [1.54, 1.807) is 12.3 Å². The van der Waals surface area contributed by atoms with Gasteiger partial charge in [0.2, 0.25) is 0 Å². The molecule has 2 aromatic heterocycles. The number of nitrogen functional groups attached to an aromatic ring is 1. The summed E-state index contributed by atoms with van der Waals surface area (Å²) in [6.45, 7) is 0. The van der Waals surface area contributed by atoms with Gasteiger partial charge in [0.15, 0.2) is 0 Å². The molecule has 106 valence electrons. The van der Waals surface area contributed by atoms with E-state index in [1.807, 2.05) is 18.2 Å². The predicted octanol–water partition coefficient (Wildman–Crippen LogP) is 4.05. The van der Waals surface area contributed by atoms with Crippen molar-refractivity contribution in [3.05, 3.63) is 44.3 Å². The molecule has 5 nitrogen and oxygen atoms in total. The zero-order chi connectivity index (χ0) is 15.0. The zero-order valence-electron chi connectivity index (χ0n) is 10.4. The molecule has 8 heteroatoms. The number of hydrogen-bond acceptors (Lipinski definition) is 5. The smallest absolute Gasteiger partial charge is 0.268 e. The van der Waals surface area contributed by atoms with Crippen LogP contribution in [0.2, 0.25) is 0 Å². The van der Waals surface area contributed by atoms with Crippen LogP contribution in [-0.2, 0) is 0 Å². The SMILES string of the molecule is Nc1c(C(=O)Nc2c(Br)cccc2Br)sc2nnccc12. The van der Waals surface area contributed by atoms with E-state index < -0.39 is 0 Å². The molecule has 0 aliphatic rings. The highest BCUT2D eigenvalue weighted by Gasteiger charge is 2.18. The van der Waals surface area contributed by atoms with E-state index in [-0.39, 0.29) is 5.91 Å². The number of aromatic nitrogens is 2. The topological polar surface area (TPSA) is 80.9 Å². The Balaban J connectivity index is 2.00. The summed E-state index contributed by atoms with van der Waals surface area (Å²) < 4.78 is 1.56. The van der Waals surface area contributed by atoms with Gasteiger partial charge in [0, 0.05) is 14.3 Å². The quantitative estimate of drug-likeness (QED) is 0.646. The molecule has 0 aliphatic carbocycles. The molecule has 1 aromatic carbocycles. The minimum atomic E-state index is -0.275. The van der Waals surface area contributed by atoms with Gasteiger partial charge in [-0.25, -0.2) is 0 Å². The molecule has 0 saturated heterocycles. The monoisotopic (exact) mass is 426 g/mol. The van der Waals surface area contributed by atoms with Crippen LogP contribution in [0.4, 0.5) is 11.4 Å². The maximum Gasteiger partial charge on any atom is 0.268 e. The van der Waals surface area contributed by atoms with E-state index in [2.05, 4.69) is 47.4 Å². The van der Waals surface area contributed by atoms with Crippen molar-refractivity contribution in [2.24, 2.45) is 0 Å². The molecule has 0 radical (unpaired) electrons. The molecule has 3 aromatic rings. The number of benzene rings is 1. The average Bonchev–Trinajstić information content (AvgIpc) is 2.81. The summed E-state index contributed by atoms with van der Waals surface area (Å²) >= 11 is 8.03. The van der Waals surface area contributed by atoms with Crippen molar-refractivity contribution in [2.75, 3.05) is 11.1 Å². The largest absolute Gasteiger partial charge is 0.397 e. The standard InChI is InChI=1S/C13H8Br2N4OS/c14-7-2-1-3-8(15)10(7)18-12(20)11-9(16)6-4-5-17-19-13(6)21-11/h1-5H,16H2,(H,18,20). The molecule has 0 aliphatic heterocycles. The Morgan fingerprint density at radius 2 is 1.95 bits per heavy atom. The number of nitrogens with zero attached hydrogens (tertiary/aromatic N) is 2. The Kier molecular flexibility index (Phi) is 3.92. The van der Waals surface area contributed by atoms with Crippen LogP contribution in [0, 0.1) is 0 Å². The Morgan fingerprint density at radius 1 is 1.24 bits per heavy atom. The van der Waals surface area contributed by atoms with Gasteiger partial charge in [-0.05, 0) is 50.1 Å². The molecule has 0 fully saturated rings. The van der Waals surface area contributed by atoms with Crippen molar-refractivity contribution >= 4 is 70.7 Å². The summed E-state index contributed by atoms with van der Waals surface area (Å²) in [5.74, 6) is -0.275. The number of rotatable bonds is 2. The van der Waals surface area contributed by atoms with E-state index in [0.29, 0.717) is 21.1 Å². The van der Waals surface area contributed by atoms with E-state index in [9.17, 15) is 4.79 Å². The van der Waals surface area contributed by atoms with E-state index in [4.69, 9.17) is 5.73 Å². The minimum Gasteiger partial charge on any atom is -0.397 e. The van der Waals surface area contributed by atoms with Gasteiger partial charge in [-0.3, -0.25) is 4.79 Å². The highest BCUT2D eigenvalue weighted by molar-refractivity contribution is 9.11. The second kappa shape index (κ2) is 5.70. The van der Waals surface area contributed by atoms with Gasteiger partial charge in [0.25, 0.3) is 5.91 Å². The number of thiophene rings is 1. The summed E-state index contributed by atoms with van der Waals surface area (Å²) in [6, 6.07) is 7.31. The second-order valence-corrected chi connectivity index (χ2v) is 6.85. The lowest BCUT2D eigenvalue weighted by Crippen LogP contribution is -2.12. The number of anilines is 2. The fraction of sp³-hybridized carbons (Fsp3) is 0. The van der Waals surface area contributed by atoms with Crippen molar-refractivity contribution in [1.82, 2.24) is 10.2 Å². The molecule has 0 unspecified atom stereocenters. The summed E-state index contributed by atoms with van der Waals surface area (Å²) in [7, 11) is 0. The molecule has 0 bridgehead atoms. The highest BCUT2D eigenvalue weighted by Crippen LogP contribution is 2.34. The Labute approximate surface area is 140 Å². The van der Waals surface area contributed by atoms with Gasteiger partial charge in [-0.15, -0.1) is 16.4 Å². The number of para-hydroxylation sites is 1. The summed E-state index contributed by atoms with van der Waals surface area (Å²) in [5.41, 5.74) is 7.11. The lowest BCUT2D eigenvalue weighted by molar-refractivity contribution is 0.103. The number of hydrogen-bond donors (Lipinski definition) is 2. The van der Waals surface area contributed by atoms with Gasteiger partial charge in [0.05, 0.1) is 17.6 Å². The van der Waals surface area contributed by atoms with Gasteiger partial charge in [-0.1, -0.05) is 6.07 Å². The fourth-order valence-corrected chi connectivity index (χ4v) is 3.96. The molecule has 1 amide bonds. The Morgan fingerprint density at radius 3 is 2.62 bits per heavy atom. The molecule has 2 heterocycles. The van der Waals surface area contributed by atoms with Gasteiger partial charge >= 0.3 is 0 Å². The molecule has 0 saturated carbocycles.